The first kappa shape index (κ1) is 17.6. The molecule has 1 amide bonds. The second-order valence-corrected chi connectivity index (χ2v) is 7.84. The summed E-state index contributed by atoms with van der Waals surface area (Å²) in [5, 5.41) is 13.7. The number of fused-ring (bicyclic) bond motifs is 2. The lowest BCUT2D eigenvalue weighted by atomic mass is 9.95. The van der Waals surface area contributed by atoms with E-state index in [-0.39, 0.29) is 5.91 Å². The predicted octanol–water partition coefficient (Wildman–Crippen LogP) is 2.60. The minimum Gasteiger partial charge on any atom is -0.337 e. The van der Waals surface area contributed by atoms with Crippen LogP contribution < -0.4 is 5.32 Å². The molecule has 28 heavy (non-hydrogen) atoms. The normalized spacial score (nSPS) is 17.7. The highest BCUT2D eigenvalue weighted by Crippen LogP contribution is 2.28. The Morgan fingerprint density at radius 1 is 1.11 bits per heavy atom. The van der Waals surface area contributed by atoms with Gasteiger partial charge in [-0.05, 0) is 31.0 Å². The Bertz CT molecular complexity index is 1040. The quantitative estimate of drug-likeness (QED) is 0.720. The van der Waals surface area contributed by atoms with Gasteiger partial charge in [0.05, 0.1) is 12.1 Å². The third-order valence-electron chi connectivity index (χ3n) is 5.67. The van der Waals surface area contributed by atoms with Crippen LogP contribution in [-0.4, -0.2) is 50.2 Å². The standard InChI is InChI=1S/C20H21ClN6O/c21-15-3-1-13-2-4-16(23-17(13)11-15)20(28)26-8-5-14(6-9-26)19-25-24-18-12-22-7-10-27(18)19/h1-4,11,14,22H,5-10,12H2. The molecule has 1 fully saturated rings. The molecule has 2 aliphatic rings. The number of nitrogens with one attached hydrogen (secondary N) is 1. The third-order valence-corrected chi connectivity index (χ3v) is 5.91. The van der Waals surface area contributed by atoms with Crippen molar-refractivity contribution in [3.05, 3.63) is 52.7 Å². The van der Waals surface area contributed by atoms with E-state index < -0.39 is 0 Å². The monoisotopic (exact) mass is 396 g/mol. The largest absolute Gasteiger partial charge is 0.337 e. The maximum atomic E-state index is 12.9. The number of likely N-dealkylation sites (tertiary alicyclic amines) is 1. The summed E-state index contributed by atoms with van der Waals surface area (Å²) in [6, 6.07) is 9.27. The van der Waals surface area contributed by atoms with Crippen LogP contribution in [0, 0.1) is 0 Å². The molecular weight excluding hydrogens is 376 g/mol. The molecule has 0 aliphatic carbocycles. The summed E-state index contributed by atoms with van der Waals surface area (Å²) in [4.78, 5) is 19.4. The van der Waals surface area contributed by atoms with E-state index in [4.69, 9.17) is 11.6 Å². The fourth-order valence-electron chi connectivity index (χ4n) is 4.13. The van der Waals surface area contributed by atoms with Gasteiger partial charge in [-0.2, -0.15) is 0 Å². The van der Waals surface area contributed by atoms with E-state index in [0.717, 1.165) is 55.0 Å². The van der Waals surface area contributed by atoms with E-state index in [0.29, 0.717) is 29.7 Å². The summed E-state index contributed by atoms with van der Waals surface area (Å²) in [6.45, 7) is 4.06. The van der Waals surface area contributed by atoms with Crippen molar-refractivity contribution in [2.45, 2.75) is 31.8 Å². The number of hydrogen-bond acceptors (Lipinski definition) is 5. The van der Waals surface area contributed by atoms with E-state index in [1.54, 1.807) is 12.1 Å². The number of piperidine rings is 1. The summed E-state index contributed by atoms with van der Waals surface area (Å²) in [5.41, 5.74) is 1.22. The van der Waals surface area contributed by atoms with Crippen LogP contribution in [0.5, 0.6) is 0 Å². The average Bonchev–Trinajstić information content (AvgIpc) is 3.17. The predicted molar refractivity (Wildman–Crippen MR) is 106 cm³/mol. The van der Waals surface area contributed by atoms with Gasteiger partial charge in [-0.1, -0.05) is 23.7 Å². The first-order valence-corrected chi connectivity index (χ1v) is 10.0. The SMILES string of the molecule is O=C(c1ccc2ccc(Cl)cc2n1)N1CCC(c2nnc3n2CCNC3)CC1. The molecule has 7 nitrogen and oxygen atoms in total. The highest BCUT2D eigenvalue weighted by atomic mass is 35.5. The molecule has 0 saturated carbocycles. The molecule has 0 unspecified atom stereocenters. The number of benzene rings is 1. The molecule has 1 aromatic carbocycles. The van der Waals surface area contributed by atoms with Crippen LogP contribution in [0.4, 0.5) is 0 Å². The maximum Gasteiger partial charge on any atom is 0.272 e. The van der Waals surface area contributed by atoms with Gasteiger partial charge in [-0.3, -0.25) is 4.79 Å². The fourth-order valence-corrected chi connectivity index (χ4v) is 4.30. The molecule has 144 valence electrons. The lowest BCUT2D eigenvalue weighted by Crippen LogP contribution is -2.39. The van der Waals surface area contributed by atoms with Gasteiger partial charge >= 0.3 is 0 Å². The minimum absolute atomic E-state index is 0.0206. The molecule has 4 heterocycles. The second-order valence-electron chi connectivity index (χ2n) is 7.40. The van der Waals surface area contributed by atoms with Crippen molar-refractivity contribution in [1.29, 1.82) is 0 Å². The highest BCUT2D eigenvalue weighted by molar-refractivity contribution is 6.31. The van der Waals surface area contributed by atoms with Crippen LogP contribution in [0.2, 0.25) is 5.02 Å². The Morgan fingerprint density at radius 2 is 1.93 bits per heavy atom. The van der Waals surface area contributed by atoms with Gasteiger partial charge < -0.3 is 14.8 Å². The van der Waals surface area contributed by atoms with Gasteiger partial charge in [0.2, 0.25) is 0 Å². The summed E-state index contributed by atoms with van der Waals surface area (Å²) < 4.78 is 2.24. The van der Waals surface area contributed by atoms with Gasteiger partial charge in [-0.25, -0.2) is 4.98 Å². The van der Waals surface area contributed by atoms with Crippen LogP contribution in [0.1, 0.15) is 40.9 Å². The van der Waals surface area contributed by atoms with Crippen molar-refractivity contribution in [3.8, 4) is 0 Å². The first-order chi connectivity index (χ1) is 13.7. The molecular formula is C20H21ClN6O. The van der Waals surface area contributed by atoms with E-state index >= 15 is 0 Å². The topological polar surface area (TPSA) is 75.9 Å². The highest BCUT2D eigenvalue weighted by Gasteiger charge is 2.29. The zero-order valence-electron chi connectivity index (χ0n) is 15.4. The number of halogens is 1. The molecule has 3 aromatic rings. The molecule has 2 aliphatic heterocycles. The molecule has 0 atom stereocenters. The molecule has 1 N–H and O–H groups in total. The van der Waals surface area contributed by atoms with Crippen molar-refractivity contribution in [2.24, 2.45) is 0 Å². The van der Waals surface area contributed by atoms with Crippen molar-refractivity contribution in [2.75, 3.05) is 19.6 Å². The van der Waals surface area contributed by atoms with Gasteiger partial charge in [0.15, 0.2) is 0 Å². The van der Waals surface area contributed by atoms with Crippen LogP contribution in [0.25, 0.3) is 10.9 Å². The molecule has 5 rings (SSSR count). The van der Waals surface area contributed by atoms with Gasteiger partial charge in [0, 0.05) is 42.5 Å². The van der Waals surface area contributed by atoms with E-state index in [2.05, 4.69) is 25.1 Å². The summed E-state index contributed by atoms with van der Waals surface area (Å²) in [6.07, 6.45) is 1.80. The Hall–Kier alpha value is -2.51. The van der Waals surface area contributed by atoms with E-state index in [9.17, 15) is 4.79 Å². The smallest absolute Gasteiger partial charge is 0.272 e. The number of rotatable bonds is 2. The van der Waals surface area contributed by atoms with Crippen molar-refractivity contribution < 1.29 is 4.79 Å². The van der Waals surface area contributed by atoms with Crippen LogP contribution in [0.15, 0.2) is 30.3 Å². The number of nitrogens with zero attached hydrogens (tertiary/aromatic N) is 5. The molecule has 1 saturated heterocycles. The lowest BCUT2D eigenvalue weighted by Gasteiger charge is -2.32. The number of carbonyl (C=O) groups excluding carboxylic acids is 1. The Morgan fingerprint density at radius 3 is 2.79 bits per heavy atom. The zero-order chi connectivity index (χ0) is 19.1. The van der Waals surface area contributed by atoms with Crippen molar-refractivity contribution in [3.63, 3.8) is 0 Å². The summed E-state index contributed by atoms with van der Waals surface area (Å²) >= 11 is 6.06. The van der Waals surface area contributed by atoms with E-state index in [1.165, 1.54) is 0 Å². The van der Waals surface area contributed by atoms with Gasteiger partial charge in [0.25, 0.3) is 5.91 Å². The van der Waals surface area contributed by atoms with Crippen LogP contribution >= 0.6 is 11.6 Å². The van der Waals surface area contributed by atoms with Gasteiger partial charge in [-0.15, -0.1) is 10.2 Å². The van der Waals surface area contributed by atoms with Crippen LogP contribution in [0.3, 0.4) is 0 Å². The zero-order valence-corrected chi connectivity index (χ0v) is 16.2. The third kappa shape index (κ3) is 3.14. The average molecular weight is 397 g/mol. The number of pyridine rings is 1. The Kier molecular flexibility index (Phi) is 4.49. The number of aromatic nitrogens is 4. The van der Waals surface area contributed by atoms with Gasteiger partial charge in [0.1, 0.15) is 17.3 Å². The molecule has 0 spiro atoms. The first-order valence-electron chi connectivity index (χ1n) is 9.67. The Balaban J connectivity index is 1.30. The molecule has 0 radical (unpaired) electrons. The number of carbonyl (C=O) groups is 1. The van der Waals surface area contributed by atoms with Crippen LogP contribution in [-0.2, 0) is 13.1 Å². The molecule has 8 heteroatoms. The number of amides is 1. The minimum atomic E-state index is -0.0206. The van der Waals surface area contributed by atoms with E-state index in [1.807, 2.05) is 23.1 Å². The van der Waals surface area contributed by atoms with Crippen molar-refractivity contribution >= 4 is 28.4 Å². The summed E-state index contributed by atoms with van der Waals surface area (Å²) in [5.74, 6) is 2.42. The van der Waals surface area contributed by atoms with Crippen molar-refractivity contribution in [1.82, 2.24) is 30.0 Å². The number of hydrogen-bond donors (Lipinski definition) is 1. The lowest BCUT2D eigenvalue weighted by molar-refractivity contribution is 0.0704. The maximum absolute atomic E-state index is 12.9. The fraction of sp³-hybridized carbons (Fsp3) is 0.400. The summed E-state index contributed by atoms with van der Waals surface area (Å²) in [7, 11) is 0. The Labute approximate surface area is 167 Å². The second kappa shape index (κ2) is 7.14. The molecule has 0 bridgehead atoms. The molecule has 2 aromatic heterocycles.